The molecule has 0 unspecified atom stereocenters. The van der Waals surface area contributed by atoms with E-state index in [9.17, 15) is 4.79 Å². The molecule has 0 aromatic heterocycles. The maximum atomic E-state index is 10.6. The molecule has 1 N–H and O–H groups in total. The second-order valence-corrected chi connectivity index (χ2v) is 4.34. The van der Waals surface area contributed by atoms with E-state index in [4.69, 9.17) is 16.7 Å². The van der Waals surface area contributed by atoms with Gasteiger partial charge in [-0.15, -0.1) is 0 Å². The van der Waals surface area contributed by atoms with Crippen molar-refractivity contribution in [3.05, 3.63) is 29.3 Å². The minimum Gasteiger partial charge on any atom is -0.481 e. The van der Waals surface area contributed by atoms with Crippen LogP contribution in [0.3, 0.4) is 0 Å². The number of anilines is 1. The van der Waals surface area contributed by atoms with E-state index in [1.807, 2.05) is 29.2 Å². The Labute approximate surface area is 107 Å². The molecule has 0 aliphatic heterocycles. The summed E-state index contributed by atoms with van der Waals surface area (Å²) < 4.78 is 0. The van der Waals surface area contributed by atoms with Crippen molar-refractivity contribution in [3.63, 3.8) is 0 Å². The van der Waals surface area contributed by atoms with E-state index in [1.54, 1.807) is 0 Å². The van der Waals surface area contributed by atoms with Gasteiger partial charge in [0.15, 0.2) is 0 Å². The van der Waals surface area contributed by atoms with E-state index in [0.717, 1.165) is 25.1 Å². The van der Waals surface area contributed by atoms with E-state index >= 15 is 0 Å². The van der Waals surface area contributed by atoms with E-state index in [2.05, 4.69) is 6.92 Å². The Hall–Kier alpha value is -1.22. The summed E-state index contributed by atoms with van der Waals surface area (Å²) in [7, 11) is 0. The Morgan fingerprint density at radius 1 is 1.35 bits per heavy atom. The molecule has 0 radical (unpaired) electrons. The first-order valence-electron chi connectivity index (χ1n) is 5.86. The number of hydrogen-bond donors (Lipinski definition) is 1. The first-order valence-corrected chi connectivity index (χ1v) is 6.24. The van der Waals surface area contributed by atoms with Gasteiger partial charge in [0.25, 0.3) is 0 Å². The number of rotatable bonds is 7. The number of benzene rings is 1. The number of hydrogen-bond acceptors (Lipinski definition) is 2. The van der Waals surface area contributed by atoms with Gasteiger partial charge in [-0.05, 0) is 18.6 Å². The molecule has 3 nitrogen and oxygen atoms in total. The average Bonchev–Trinajstić information content (AvgIpc) is 2.30. The highest BCUT2D eigenvalue weighted by atomic mass is 35.5. The van der Waals surface area contributed by atoms with Crippen LogP contribution in [-0.2, 0) is 4.79 Å². The van der Waals surface area contributed by atoms with Gasteiger partial charge in [0.2, 0.25) is 0 Å². The minimum absolute atomic E-state index is 0.134. The molecule has 0 atom stereocenters. The Morgan fingerprint density at radius 2 is 2.06 bits per heavy atom. The fourth-order valence-corrected chi connectivity index (χ4v) is 1.90. The lowest BCUT2D eigenvalue weighted by molar-refractivity contribution is -0.136. The van der Waals surface area contributed by atoms with Crippen molar-refractivity contribution >= 4 is 23.3 Å². The average molecular weight is 256 g/mol. The van der Waals surface area contributed by atoms with Gasteiger partial charge in [0.05, 0.1) is 17.1 Å². The molecule has 0 bridgehead atoms. The third-order valence-corrected chi connectivity index (χ3v) is 2.89. The Morgan fingerprint density at radius 3 is 2.65 bits per heavy atom. The number of carboxylic acid groups (broad SMARTS) is 1. The van der Waals surface area contributed by atoms with Crippen LogP contribution in [0.5, 0.6) is 0 Å². The predicted octanol–water partition coefficient (Wildman–Crippen LogP) is 3.42. The normalized spacial score (nSPS) is 10.2. The number of aliphatic carboxylic acids is 1. The molecule has 0 spiro atoms. The summed E-state index contributed by atoms with van der Waals surface area (Å²) in [5.74, 6) is -0.779. The molecule has 0 heterocycles. The predicted molar refractivity (Wildman–Crippen MR) is 70.8 cm³/mol. The second kappa shape index (κ2) is 7.17. The van der Waals surface area contributed by atoms with E-state index < -0.39 is 5.97 Å². The van der Waals surface area contributed by atoms with Crippen LogP contribution in [-0.4, -0.2) is 24.2 Å². The van der Waals surface area contributed by atoms with Crippen molar-refractivity contribution in [1.82, 2.24) is 0 Å². The van der Waals surface area contributed by atoms with E-state index in [-0.39, 0.29) is 6.42 Å². The minimum atomic E-state index is -0.779. The van der Waals surface area contributed by atoms with Gasteiger partial charge in [-0.1, -0.05) is 37.1 Å². The summed E-state index contributed by atoms with van der Waals surface area (Å²) >= 11 is 6.12. The van der Waals surface area contributed by atoms with Gasteiger partial charge in [0, 0.05) is 13.1 Å². The summed E-state index contributed by atoms with van der Waals surface area (Å²) in [4.78, 5) is 12.7. The van der Waals surface area contributed by atoms with Crippen molar-refractivity contribution < 1.29 is 9.90 Å². The van der Waals surface area contributed by atoms with Gasteiger partial charge in [-0.3, -0.25) is 4.79 Å². The third-order valence-electron chi connectivity index (χ3n) is 2.57. The van der Waals surface area contributed by atoms with Crippen LogP contribution in [0.15, 0.2) is 24.3 Å². The summed E-state index contributed by atoms with van der Waals surface area (Å²) in [5, 5.41) is 9.42. The molecule has 0 saturated carbocycles. The van der Waals surface area contributed by atoms with E-state index in [1.165, 1.54) is 0 Å². The van der Waals surface area contributed by atoms with Crippen LogP contribution in [0.2, 0.25) is 5.02 Å². The molecule has 0 saturated heterocycles. The molecule has 1 aromatic carbocycles. The fourth-order valence-electron chi connectivity index (χ4n) is 1.64. The molecule has 94 valence electrons. The van der Waals surface area contributed by atoms with Gasteiger partial charge >= 0.3 is 5.97 Å². The fraction of sp³-hybridized carbons (Fsp3) is 0.462. The first kappa shape index (κ1) is 13.8. The van der Waals surface area contributed by atoms with Crippen LogP contribution >= 0.6 is 11.6 Å². The van der Waals surface area contributed by atoms with Crippen LogP contribution in [0.1, 0.15) is 26.2 Å². The first-order chi connectivity index (χ1) is 8.15. The molecule has 17 heavy (non-hydrogen) atoms. The number of para-hydroxylation sites is 1. The van der Waals surface area contributed by atoms with Crippen molar-refractivity contribution in [1.29, 1.82) is 0 Å². The van der Waals surface area contributed by atoms with E-state index in [0.29, 0.717) is 11.6 Å². The smallest absolute Gasteiger partial charge is 0.305 e. The van der Waals surface area contributed by atoms with Crippen LogP contribution < -0.4 is 4.90 Å². The topological polar surface area (TPSA) is 40.5 Å². The van der Waals surface area contributed by atoms with Crippen molar-refractivity contribution in [2.45, 2.75) is 26.2 Å². The molecule has 0 amide bonds. The molecular weight excluding hydrogens is 238 g/mol. The zero-order chi connectivity index (χ0) is 12.7. The molecule has 0 fully saturated rings. The van der Waals surface area contributed by atoms with Gasteiger partial charge in [-0.2, -0.15) is 0 Å². The van der Waals surface area contributed by atoms with Crippen molar-refractivity contribution in [2.24, 2.45) is 0 Å². The van der Waals surface area contributed by atoms with Crippen molar-refractivity contribution in [3.8, 4) is 0 Å². The number of halogens is 1. The highest BCUT2D eigenvalue weighted by molar-refractivity contribution is 6.33. The molecule has 0 aliphatic rings. The third kappa shape index (κ3) is 4.65. The standard InChI is InChI=1S/C13H18ClNO2/c1-2-3-9-15(10-8-13(16)17)12-7-5-4-6-11(12)14/h4-7H,2-3,8-10H2,1H3,(H,16,17). The summed E-state index contributed by atoms with van der Waals surface area (Å²) in [6, 6.07) is 7.55. The number of carbonyl (C=O) groups is 1. The molecule has 1 rings (SSSR count). The highest BCUT2D eigenvalue weighted by Crippen LogP contribution is 2.25. The van der Waals surface area contributed by atoms with Crippen LogP contribution in [0.25, 0.3) is 0 Å². The summed E-state index contributed by atoms with van der Waals surface area (Å²) in [6.07, 6.45) is 2.24. The molecule has 4 heteroatoms. The zero-order valence-electron chi connectivity index (χ0n) is 10.0. The molecule has 0 aliphatic carbocycles. The lowest BCUT2D eigenvalue weighted by Gasteiger charge is -2.25. The molecule has 1 aromatic rings. The Bertz CT molecular complexity index is 368. The lowest BCUT2D eigenvalue weighted by atomic mass is 10.2. The van der Waals surface area contributed by atoms with Crippen LogP contribution in [0.4, 0.5) is 5.69 Å². The SMILES string of the molecule is CCCCN(CCC(=O)O)c1ccccc1Cl. The molecular formula is C13H18ClNO2. The number of carboxylic acids is 1. The van der Waals surface area contributed by atoms with Crippen molar-refractivity contribution in [2.75, 3.05) is 18.0 Å². The van der Waals surface area contributed by atoms with Gasteiger partial charge in [-0.25, -0.2) is 0 Å². The maximum Gasteiger partial charge on any atom is 0.305 e. The Kier molecular flexibility index (Phi) is 5.84. The lowest BCUT2D eigenvalue weighted by Crippen LogP contribution is -2.27. The largest absolute Gasteiger partial charge is 0.481 e. The number of nitrogens with zero attached hydrogens (tertiary/aromatic N) is 1. The monoisotopic (exact) mass is 255 g/mol. The maximum absolute atomic E-state index is 10.6. The van der Waals surface area contributed by atoms with Crippen LogP contribution in [0, 0.1) is 0 Å². The summed E-state index contributed by atoms with van der Waals surface area (Å²) in [6.45, 7) is 3.45. The Balaban J connectivity index is 2.74. The zero-order valence-corrected chi connectivity index (χ0v) is 10.8. The second-order valence-electron chi connectivity index (χ2n) is 3.94. The quantitative estimate of drug-likeness (QED) is 0.812. The highest BCUT2D eigenvalue weighted by Gasteiger charge is 2.10. The van der Waals surface area contributed by atoms with Gasteiger partial charge in [0.1, 0.15) is 0 Å². The summed E-state index contributed by atoms with van der Waals surface area (Å²) in [5.41, 5.74) is 0.920. The van der Waals surface area contributed by atoms with Gasteiger partial charge < -0.3 is 10.0 Å². The number of unbranched alkanes of at least 4 members (excludes halogenated alkanes) is 1.